The lowest BCUT2D eigenvalue weighted by atomic mass is 10.1. The lowest BCUT2D eigenvalue weighted by molar-refractivity contribution is -0.0586. The van der Waals surface area contributed by atoms with E-state index in [4.69, 9.17) is 4.74 Å². The van der Waals surface area contributed by atoms with Crippen LogP contribution in [0.3, 0.4) is 0 Å². The number of fused-ring (bicyclic) bond motifs is 1. The van der Waals surface area contributed by atoms with Crippen LogP contribution in [0.15, 0.2) is 36.5 Å². The first kappa shape index (κ1) is 13.1. The Morgan fingerprint density at radius 1 is 1.20 bits per heavy atom. The molecule has 2 aromatic rings. The van der Waals surface area contributed by atoms with Gasteiger partial charge in [-0.1, -0.05) is 24.3 Å². The minimum Gasteiger partial charge on any atom is -0.372 e. The summed E-state index contributed by atoms with van der Waals surface area (Å²) < 4.78 is 5.68. The van der Waals surface area contributed by atoms with Crippen LogP contribution in [-0.4, -0.2) is 41.1 Å². The fraction of sp³-hybridized carbons (Fsp3) is 0.375. The highest BCUT2D eigenvalue weighted by Crippen LogP contribution is 2.20. The molecule has 1 fully saturated rings. The molecule has 0 saturated carbocycles. The molecule has 4 heteroatoms. The van der Waals surface area contributed by atoms with E-state index in [0.29, 0.717) is 18.8 Å². The molecule has 0 unspecified atom stereocenters. The van der Waals surface area contributed by atoms with Crippen molar-refractivity contribution in [2.45, 2.75) is 26.1 Å². The number of rotatable bonds is 1. The maximum Gasteiger partial charge on any atom is 0.273 e. The molecular weight excluding hydrogens is 252 g/mol. The summed E-state index contributed by atoms with van der Waals surface area (Å²) in [6.07, 6.45) is 1.83. The summed E-state index contributed by atoms with van der Waals surface area (Å²) in [4.78, 5) is 18.9. The predicted molar refractivity (Wildman–Crippen MR) is 77.7 cm³/mol. The SMILES string of the molecule is C[C@@H]1CN(C(=O)c2nccc3ccccc23)C[C@H](C)O1. The van der Waals surface area contributed by atoms with E-state index in [2.05, 4.69) is 4.98 Å². The van der Waals surface area contributed by atoms with Crippen molar-refractivity contribution in [2.24, 2.45) is 0 Å². The standard InChI is InChI=1S/C16H18N2O2/c1-11-9-18(10-12(2)20-11)16(19)15-14-6-4-3-5-13(14)7-8-17-15/h3-8,11-12H,9-10H2,1-2H3/t11-,12+. The van der Waals surface area contributed by atoms with E-state index in [9.17, 15) is 4.79 Å². The Morgan fingerprint density at radius 2 is 1.90 bits per heavy atom. The normalized spacial score (nSPS) is 23.0. The molecule has 2 heterocycles. The van der Waals surface area contributed by atoms with E-state index in [1.165, 1.54) is 0 Å². The van der Waals surface area contributed by atoms with Gasteiger partial charge in [0.05, 0.1) is 12.2 Å². The number of amides is 1. The van der Waals surface area contributed by atoms with Gasteiger partial charge in [0, 0.05) is 24.7 Å². The van der Waals surface area contributed by atoms with Gasteiger partial charge in [-0.05, 0) is 25.3 Å². The van der Waals surface area contributed by atoms with Gasteiger partial charge in [-0.15, -0.1) is 0 Å². The number of benzene rings is 1. The molecule has 4 nitrogen and oxygen atoms in total. The first-order chi connectivity index (χ1) is 9.65. The van der Waals surface area contributed by atoms with Gasteiger partial charge in [-0.25, -0.2) is 0 Å². The summed E-state index contributed by atoms with van der Waals surface area (Å²) in [5, 5.41) is 1.95. The van der Waals surface area contributed by atoms with Crippen LogP contribution in [0.1, 0.15) is 24.3 Å². The van der Waals surface area contributed by atoms with Crippen molar-refractivity contribution >= 4 is 16.7 Å². The van der Waals surface area contributed by atoms with Crippen LogP contribution < -0.4 is 0 Å². The Labute approximate surface area is 118 Å². The average molecular weight is 270 g/mol. The molecule has 1 aromatic heterocycles. The molecule has 2 atom stereocenters. The van der Waals surface area contributed by atoms with Gasteiger partial charge in [0.2, 0.25) is 0 Å². The van der Waals surface area contributed by atoms with Gasteiger partial charge < -0.3 is 9.64 Å². The van der Waals surface area contributed by atoms with E-state index in [0.717, 1.165) is 10.8 Å². The largest absolute Gasteiger partial charge is 0.372 e. The zero-order chi connectivity index (χ0) is 14.1. The third kappa shape index (κ3) is 2.39. The van der Waals surface area contributed by atoms with Gasteiger partial charge >= 0.3 is 0 Å². The first-order valence-electron chi connectivity index (χ1n) is 6.93. The molecule has 0 aliphatic carbocycles. The van der Waals surface area contributed by atoms with Crippen LogP contribution in [0.25, 0.3) is 10.8 Å². The second-order valence-electron chi connectivity index (χ2n) is 5.35. The molecule has 0 bridgehead atoms. The van der Waals surface area contributed by atoms with Crippen molar-refractivity contribution in [1.82, 2.24) is 9.88 Å². The molecule has 3 rings (SSSR count). The first-order valence-corrected chi connectivity index (χ1v) is 6.93. The Kier molecular flexibility index (Phi) is 3.40. The Hall–Kier alpha value is -1.94. The number of hydrogen-bond donors (Lipinski definition) is 0. The lowest BCUT2D eigenvalue weighted by Crippen LogP contribution is -2.48. The van der Waals surface area contributed by atoms with Crippen LogP contribution in [0.4, 0.5) is 0 Å². The zero-order valence-corrected chi connectivity index (χ0v) is 11.7. The number of carbonyl (C=O) groups excluding carboxylic acids is 1. The van der Waals surface area contributed by atoms with Gasteiger partial charge in [0.1, 0.15) is 5.69 Å². The predicted octanol–water partition coefficient (Wildman–Crippen LogP) is 2.48. The van der Waals surface area contributed by atoms with Crippen LogP contribution in [0.2, 0.25) is 0 Å². The van der Waals surface area contributed by atoms with E-state index < -0.39 is 0 Å². The molecule has 1 amide bonds. The summed E-state index contributed by atoms with van der Waals surface area (Å²) in [5.41, 5.74) is 0.532. The van der Waals surface area contributed by atoms with Crippen LogP contribution in [0, 0.1) is 0 Å². The van der Waals surface area contributed by atoms with Gasteiger partial charge in [0.25, 0.3) is 5.91 Å². The molecule has 0 spiro atoms. The molecule has 1 aliphatic heterocycles. The maximum absolute atomic E-state index is 12.7. The highest BCUT2D eigenvalue weighted by molar-refractivity contribution is 6.05. The minimum atomic E-state index is -0.0104. The number of hydrogen-bond acceptors (Lipinski definition) is 3. The molecule has 20 heavy (non-hydrogen) atoms. The van der Waals surface area contributed by atoms with Crippen LogP contribution in [0.5, 0.6) is 0 Å². The summed E-state index contributed by atoms with van der Waals surface area (Å²) in [7, 11) is 0. The number of pyridine rings is 1. The molecule has 1 aliphatic rings. The highest BCUT2D eigenvalue weighted by atomic mass is 16.5. The van der Waals surface area contributed by atoms with Crippen molar-refractivity contribution in [3.8, 4) is 0 Å². The second-order valence-corrected chi connectivity index (χ2v) is 5.35. The lowest BCUT2D eigenvalue weighted by Gasteiger charge is -2.35. The molecular formula is C16H18N2O2. The van der Waals surface area contributed by atoms with Gasteiger partial charge in [-0.3, -0.25) is 9.78 Å². The Balaban J connectivity index is 1.96. The van der Waals surface area contributed by atoms with Gasteiger partial charge in [0.15, 0.2) is 0 Å². The molecule has 0 N–H and O–H groups in total. The van der Waals surface area contributed by atoms with E-state index >= 15 is 0 Å². The fourth-order valence-corrected chi connectivity index (χ4v) is 2.78. The quantitative estimate of drug-likeness (QED) is 0.799. The highest BCUT2D eigenvalue weighted by Gasteiger charge is 2.27. The van der Waals surface area contributed by atoms with Crippen molar-refractivity contribution in [1.29, 1.82) is 0 Å². The second kappa shape index (κ2) is 5.21. The number of morpholine rings is 1. The fourth-order valence-electron chi connectivity index (χ4n) is 2.78. The Morgan fingerprint density at radius 3 is 2.65 bits per heavy atom. The van der Waals surface area contributed by atoms with Crippen molar-refractivity contribution in [3.05, 3.63) is 42.2 Å². The van der Waals surface area contributed by atoms with E-state index in [-0.39, 0.29) is 18.1 Å². The summed E-state index contributed by atoms with van der Waals surface area (Å²) in [6, 6.07) is 9.78. The van der Waals surface area contributed by atoms with Crippen LogP contribution in [-0.2, 0) is 4.74 Å². The maximum atomic E-state index is 12.7. The van der Waals surface area contributed by atoms with E-state index in [1.54, 1.807) is 6.20 Å². The monoisotopic (exact) mass is 270 g/mol. The van der Waals surface area contributed by atoms with E-state index in [1.807, 2.05) is 49.1 Å². The van der Waals surface area contributed by atoms with Crippen molar-refractivity contribution < 1.29 is 9.53 Å². The molecule has 1 aromatic carbocycles. The molecule has 104 valence electrons. The third-order valence-electron chi connectivity index (χ3n) is 3.58. The number of ether oxygens (including phenoxy) is 1. The van der Waals surface area contributed by atoms with Crippen molar-refractivity contribution in [2.75, 3.05) is 13.1 Å². The number of nitrogens with zero attached hydrogens (tertiary/aromatic N) is 2. The summed E-state index contributed by atoms with van der Waals surface area (Å²) in [5.74, 6) is -0.0104. The van der Waals surface area contributed by atoms with Crippen LogP contribution >= 0.6 is 0 Å². The third-order valence-corrected chi connectivity index (χ3v) is 3.58. The van der Waals surface area contributed by atoms with Gasteiger partial charge in [-0.2, -0.15) is 0 Å². The topological polar surface area (TPSA) is 42.4 Å². The Bertz CT molecular complexity index is 626. The molecule has 1 saturated heterocycles. The van der Waals surface area contributed by atoms with Crippen molar-refractivity contribution in [3.63, 3.8) is 0 Å². The minimum absolute atomic E-state index is 0.0104. The number of aromatic nitrogens is 1. The molecule has 0 radical (unpaired) electrons. The summed E-state index contributed by atoms with van der Waals surface area (Å²) >= 11 is 0. The zero-order valence-electron chi connectivity index (χ0n) is 11.7. The summed E-state index contributed by atoms with van der Waals surface area (Å²) in [6.45, 7) is 5.22. The average Bonchev–Trinajstić information content (AvgIpc) is 2.45. The smallest absolute Gasteiger partial charge is 0.273 e. The number of carbonyl (C=O) groups is 1.